The van der Waals surface area contributed by atoms with E-state index in [9.17, 15) is 4.79 Å². The van der Waals surface area contributed by atoms with E-state index in [-0.39, 0.29) is 5.78 Å². The molecule has 0 N–H and O–H groups in total. The minimum Gasteiger partial charge on any atom is -0.296 e. The summed E-state index contributed by atoms with van der Waals surface area (Å²) < 4.78 is 0. The molecular formula is C13H21NOS. The summed E-state index contributed by atoms with van der Waals surface area (Å²) in [5, 5.41) is 0. The van der Waals surface area contributed by atoms with Crippen LogP contribution in [-0.2, 0) is 0 Å². The van der Waals surface area contributed by atoms with Crippen molar-refractivity contribution in [1.82, 2.24) is 4.90 Å². The number of hydrogen-bond acceptors (Lipinski definition) is 3. The number of Topliss-reactive ketones (excluding diaryl/α,β-unsaturated/α-hetero) is 1. The Hall–Kier alpha value is -0.670. The van der Waals surface area contributed by atoms with E-state index >= 15 is 0 Å². The zero-order chi connectivity index (χ0) is 12.3. The van der Waals surface area contributed by atoms with Gasteiger partial charge in [0.05, 0.1) is 6.54 Å². The van der Waals surface area contributed by atoms with Crippen molar-refractivity contribution in [2.45, 2.75) is 40.2 Å². The van der Waals surface area contributed by atoms with E-state index in [1.165, 1.54) is 4.88 Å². The number of hydrogen-bond donors (Lipinski definition) is 0. The smallest absolute Gasteiger partial charge is 0.177 e. The molecule has 90 valence electrons. The minimum atomic E-state index is 0.240. The van der Waals surface area contributed by atoms with E-state index in [0.717, 1.165) is 16.9 Å². The van der Waals surface area contributed by atoms with Crippen LogP contribution < -0.4 is 0 Å². The van der Waals surface area contributed by atoms with Gasteiger partial charge in [0.2, 0.25) is 0 Å². The maximum Gasteiger partial charge on any atom is 0.177 e. The Morgan fingerprint density at radius 3 is 2.56 bits per heavy atom. The topological polar surface area (TPSA) is 20.3 Å². The minimum absolute atomic E-state index is 0.240. The average Bonchev–Trinajstić information content (AvgIpc) is 2.56. The molecule has 0 radical (unpaired) electrons. The predicted molar refractivity (Wildman–Crippen MR) is 70.5 cm³/mol. The monoisotopic (exact) mass is 239 g/mol. The molecule has 1 unspecified atom stereocenters. The lowest BCUT2D eigenvalue weighted by molar-refractivity contribution is 0.0923. The van der Waals surface area contributed by atoms with E-state index in [2.05, 4.69) is 18.7 Å². The number of rotatable bonds is 5. The lowest BCUT2D eigenvalue weighted by Crippen LogP contribution is -2.33. The Morgan fingerprint density at radius 1 is 1.50 bits per heavy atom. The zero-order valence-electron chi connectivity index (χ0n) is 10.8. The van der Waals surface area contributed by atoms with Crippen molar-refractivity contribution >= 4 is 17.1 Å². The van der Waals surface area contributed by atoms with Gasteiger partial charge in [0.15, 0.2) is 5.78 Å². The van der Waals surface area contributed by atoms with Crippen molar-refractivity contribution in [1.29, 1.82) is 0 Å². The number of carbonyl (C=O) groups excluding carboxylic acids is 1. The quantitative estimate of drug-likeness (QED) is 0.735. The van der Waals surface area contributed by atoms with Gasteiger partial charge in [-0.05, 0) is 40.3 Å². The van der Waals surface area contributed by atoms with E-state index in [0.29, 0.717) is 12.6 Å². The second kappa shape index (κ2) is 5.60. The molecule has 0 aliphatic heterocycles. The second-order valence-electron chi connectivity index (χ2n) is 4.42. The Labute approximate surface area is 102 Å². The first kappa shape index (κ1) is 13.4. The molecule has 0 bridgehead atoms. The third kappa shape index (κ3) is 3.16. The van der Waals surface area contributed by atoms with Gasteiger partial charge >= 0.3 is 0 Å². The SMILES string of the molecule is CCC(C)N(C)CC(=O)c1cc(C)sc1C. The molecule has 0 spiro atoms. The molecule has 0 fully saturated rings. The number of carbonyl (C=O) groups is 1. The van der Waals surface area contributed by atoms with Crippen molar-refractivity contribution in [3.8, 4) is 0 Å². The molecule has 0 aliphatic rings. The van der Waals surface area contributed by atoms with Gasteiger partial charge in [0, 0.05) is 21.4 Å². The highest BCUT2D eigenvalue weighted by atomic mass is 32.1. The molecule has 3 heteroatoms. The first-order valence-corrected chi connectivity index (χ1v) is 6.57. The molecule has 2 nitrogen and oxygen atoms in total. The Kier molecular flexibility index (Phi) is 4.69. The third-order valence-corrected chi connectivity index (χ3v) is 4.04. The van der Waals surface area contributed by atoms with E-state index in [4.69, 9.17) is 0 Å². The maximum atomic E-state index is 12.1. The highest BCUT2D eigenvalue weighted by Gasteiger charge is 2.16. The van der Waals surface area contributed by atoms with Crippen LogP contribution in [0.15, 0.2) is 6.07 Å². The van der Waals surface area contributed by atoms with Gasteiger partial charge in [-0.25, -0.2) is 0 Å². The number of nitrogens with zero attached hydrogens (tertiary/aromatic N) is 1. The summed E-state index contributed by atoms with van der Waals surface area (Å²) in [6.45, 7) is 8.89. The highest BCUT2D eigenvalue weighted by molar-refractivity contribution is 7.12. The van der Waals surface area contributed by atoms with Gasteiger partial charge < -0.3 is 0 Å². The van der Waals surface area contributed by atoms with Gasteiger partial charge in [0.1, 0.15) is 0 Å². The first-order chi connectivity index (χ1) is 7.45. The lowest BCUT2D eigenvalue weighted by atomic mass is 10.1. The maximum absolute atomic E-state index is 12.1. The van der Waals surface area contributed by atoms with Crippen LogP contribution in [0.3, 0.4) is 0 Å². The van der Waals surface area contributed by atoms with Crippen LogP contribution in [0.25, 0.3) is 0 Å². The largest absolute Gasteiger partial charge is 0.296 e. The molecular weight excluding hydrogens is 218 g/mol. The molecule has 0 amide bonds. The van der Waals surface area contributed by atoms with Crippen LogP contribution in [0.1, 0.15) is 40.4 Å². The van der Waals surface area contributed by atoms with Crippen LogP contribution in [0.2, 0.25) is 0 Å². The first-order valence-electron chi connectivity index (χ1n) is 5.76. The van der Waals surface area contributed by atoms with Gasteiger partial charge in [-0.15, -0.1) is 11.3 Å². The lowest BCUT2D eigenvalue weighted by Gasteiger charge is -2.22. The molecule has 16 heavy (non-hydrogen) atoms. The van der Waals surface area contributed by atoms with Gasteiger partial charge in [-0.1, -0.05) is 6.92 Å². The normalized spacial score (nSPS) is 13.1. The molecule has 1 heterocycles. The van der Waals surface area contributed by atoms with Crippen LogP contribution >= 0.6 is 11.3 Å². The predicted octanol–water partition coefficient (Wildman–Crippen LogP) is 3.28. The van der Waals surface area contributed by atoms with Crippen LogP contribution in [0, 0.1) is 13.8 Å². The average molecular weight is 239 g/mol. The zero-order valence-corrected chi connectivity index (χ0v) is 11.6. The van der Waals surface area contributed by atoms with E-state index < -0.39 is 0 Å². The van der Waals surface area contributed by atoms with Crippen molar-refractivity contribution < 1.29 is 4.79 Å². The second-order valence-corrected chi connectivity index (χ2v) is 5.88. The fourth-order valence-electron chi connectivity index (χ4n) is 1.69. The molecule has 1 aromatic rings. The van der Waals surface area contributed by atoms with Gasteiger partial charge in [0.25, 0.3) is 0 Å². The molecule has 0 aromatic carbocycles. The Balaban J connectivity index is 2.69. The summed E-state index contributed by atoms with van der Waals surface area (Å²) in [5.74, 6) is 0.240. The summed E-state index contributed by atoms with van der Waals surface area (Å²) in [5.41, 5.74) is 0.901. The standard InChI is InChI=1S/C13H21NOS/c1-6-9(2)14(5)8-13(15)12-7-10(3)16-11(12)4/h7,9H,6,8H2,1-5H3. The molecule has 1 aromatic heterocycles. The highest BCUT2D eigenvalue weighted by Crippen LogP contribution is 2.21. The van der Waals surface area contributed by atoms with Crippen molar-refractivity contribution in [3.05, 3.63) is 21.4 Å². The number of aryl methyl sites for hydroxylation is 2. The number of likely N-dealkylation sites (N-methyl/N-ethyl adjacent to an activating group) is 1. The molecule has 0 saturated heterocycles. The van der Waals surface area contributed by atoms with Gasteiger partial charge in [-0.2, -0.15) is 0 Å². The van der Waals surface area contributed by atoms with Crippen LogP contribution in [0.4, 0.5) is 0 Å². The fourth-order valence-corrected chi connectivity index (χ4v) is 2.63. The Bertz CT molecular complexity index is 370. The van der Waals surface area contributed by atoms with E-state index in [1.807, 2.05) is 27.0 Å². The molecule has 1 rings (SSSR count). The van der Waals surface area contributed by atoms with Crippen molar-refractivity contribution in [2.24, 2.45) is 0 Å². The third-order valence-electron chi connectivity index (χ3n) is 3.08. The Morgan fingerprint density at radius 2 is 2.12 bits per heavy atom. The molecule has 0 saturated carbocycles. The van der Waals surface area contributed by atoms with Crippen LogP contribution in [0.5, 0.6) is 0 Å². The molecule has 0 aliphatic carbocycles. The summed E-state index contributed by atoms with van der Waals surface area (Å²) in [6.07, 6.45) is 1.07. The van der Waals surface area contributed by atoms with Crippen molar-refractivity contribution in [3.63, 3.8) is 0 Å². The number of thiophene rings is 1. The summed E-state index contributed by atoms with van der Waals surface area (Å²) in [6, 6.07) is 2.47. The van der Waals surface area contributed by atoms with Crippen molar-refractivity contribution in [2.75, 3.05) is 13.6 Å². The summed E-state index contributed by atoms with van der Waals surface area (Å²) in [4.78, 5) is 16.5. The van der Waals surface area contributed by atoms with E-state index in [1.54, 1.807) is 11.3 Å². The fraction of sp³-hybridized carbons (Fsp3) is 0.615. The summed E-state index contributed by atoms with van der Waals surface area (Å²) >= 11 is 1.70. The molecule has 1 atom stereocenters. The van der Waals surface area contributed by atoms with Gasteiger partial charge in [-0.3, -0.25) is 9.69 Å². The summed E-state index contributed by atoms with van der Waals surface area (Å²) in [7, 11) is 2.01. The number of ketones is 1. The van der Waals surface area contributed by atoms with Crippen LogP contribution in [-0.4, -0.2) is 30.3 Å².